The van der Waals surface area contributed by atoms with Gasteiger partial charge in [-0.1, -0.05) is 13.8 Å². The largest absolute Gasteiger partial charge is 0.480 e. The molecule has 1 aliphatic rings. The summed E-state index contributed by atoms with van der Waals surface area (Å²) in [5, 5.41) is 14.4. The molecule has 1 aliphatic heterocycles. The van der Waals surface area contributed by atoms with E-state index in [0.29, 0.717) is 6.54 Å². The molecular formula is C12H22N2O4. The molecule has 1 atom stereocenters. The van der Waals surface area contributed by atoms with Crippen LogP contribution in [0.5, 0.6) is 0 Å². The van der Waals surface area contributed by atoms with Gasteiger partial charge in [0.1, 0.15) is 6.61 Å². The Morgan fingerprint density at radius 1 is 1.50 bits per heavy atom. The summed E-state index contributed by atoms with van der Waals surface area (Å²) in [5.74, 6) is -1.05. The van der Waals surface area contributed by atoms with E-state index in [0.717, 1.165) is 19.4 Å². The second-order valence-corrected chi connectivity index (χ2v) is 5.22. The summed E-state index contributed by atoms with van der Waals surface area (Å²) in [6.07, 6.45) is 2.10. The van der Waals surface area contributed by atoms with Crippen molar-refractivity contribution in [3.05, 3.63) is 0 Å². The van der Waals surface area contributed by atoms with Gasteiger partial charge in [0.15, 0.2) is 0 Å². The van der Waals surface area contributed by atoms with E-state index >= 15 is 0 Å². The molecule has 18 heavy (non-hydrogen) atoms. The monoisotopic (exact) mass is 258 g/mol. The van der Waals surface area contributed by atoms with Gasteiger partial charge in [0.2, 0.25) is 5.91 Å². The number of carboxylic acids is 1. The number of carboxylic acid groups (broad SMARTS) is 1. The van der Waals surface area contributed by atoms with E-state index in [4.69, 9.17) is 9.84 Å². The Hall–Kier alpha value is -1.14. The van der Waals surface area contributed by atoms with E-state index in [1.54, 1.807) is 0 Å². The molecule has 0 aromatic rings. The van der Waals surface area contributed by atoms with Gasteiger partial charge in [-0.15, -0.1) is 0 Å². The fourth-order valence-corrected chi connectivity index (χ4v) is 2.17. The second-order valence-electron chi connectivity index (χ2n) is 5.22. The van der Waals surface area contributed by atoms with Crippen molar-refractivity contribution in [3.8, 4) is 0 Å². The van der Waals surface area contributed by atoms with Crippen molar-refractivity contribution in [1.82, 2.24) is 10.6 Å². The number of amides is 1. The van der Waals surface area contributed by atoms with Gasteiger partial charge < -0.3 is 20.5 Å². The number of rotatable bonds is 6. The van der Waals surface area contributed by atoms with Gasteiger partial charge in [-0.05, 0) is 24.8 Å². The van der Waals surface area contributed by atoms with Crippen LogP contribution in [-0.4, -0.2) is 49.3 Å². The molecule has 0 bridgehead atoms. The van der Waals surface area contributed by atoms with Crippen LogP contribution in [0, 0.1) is 5.41 Å². The lowest BCUT2D eigenvalue weighted by molar-refractivity contribution is -0.142. The normalized spacial score (nSPS) is 22.4. The lowest BCUT2D eigenvalue weighted by atomic mass is 9.77. The first-order valence-corrected chi connectivity index (χ1v) is 6.24. The zero-order chi connectivity index (χ0) is 13.6. The topological polar surface area (TPSA) is 87.7 Å². The van der Waals surface area contributed by atoms with Gasteiger partial charge in [-0.25, -0.2) is 4.79 Å². The Morgan fingerprint density at radius 3 is 2.83 bits per heavy atom. The maximum atomic E-state index is 12.0. The first kappa shape index (κ1) is 14.9. The van der Waals surface area contributed by atoms with Gasteiger partial charge in [-0.3, -0.25) is 4.79 Å². The number of aliphatic carboxylic acids is 1. The third kappa shape index (κ3) is 4.62. The van der Waals surface area contributed by atoms with Crippen LogP contribution in [0.1, 0.15) is 26.7 Å². The number of carbonyl (C=O) groups excluding carboxylic acids is 1. The van der Waals surface area contributed by atoms with Crippen molar-refractivity contribution >= 4 is 11.9 Å². The highest BCUT2D eigenvalue weighted by atomic mass is 16.5. The molecule has 1 amide bonds. The van der Waals surface area contributed by atoms with Crippen LogP contribution in [0.25, 0.3) is 0 Å². The van der Waals surface area contributed by atoms with Crippen LogP contribution in [0.3, 0.4) is 0 Å². The van der Waals surface area contributed by atoms with E-state index in [2.05, 4.69) is 24.5 Å². The summed E-state index contributed by atoms with van der Waals surface area (Å²) in [4.78, 5) is 22.2. The number of carbonyl (C=O) groups is 2. The molecule has 0 aromatic heterocycles. The Kier molecular flexibility index (Phi) is 5.55. The predicted octanol–water partition coefficient (Wildman–Crippen LogP) is -0.0180. The molecule has 3 N–H and O–H groups in total. The smallest absolute Gasteiger partial charge is 0.329 e. The van der Waals surface area contributed by atoms with Crippen molar-refractivity contribution in [2.45, 2.75) is 32.7 Å². The average molecular weight is 258 g/mol. The third-order valence-electron chi connectivity index (χ3n) is 3.16. The maximum absolute atomic E-state index is 12.0. The van der Waals surface area contributed by atoms with E-state index < -0.39 is 5.97 Å². The van der Waals surface area contributed by atoms with E-state index in [9.17, 15) is 9.59 Å². The fourth-order valence-electron chi connectivity index (χ4n) is 2.17. The van der Waals surface area contributed by atoms with E-state index in [1.807, 2.05) is 0 Å². The Labute approximate surface area is 107 Å². The Bertz CT molecular complexity index is 304. The average Bonchev–Trinajstić information content (AvgIpc) is 2.27. The Balaban J connectivity index is 2.25. The first-order valence-electron chi connectivity index (χ1n) is 6.24. The minimum atomic E-state index is -1.00. The predicted molar refractivity (Wildman–Crippen MR) is 66.3 cm³/mol. The van der Waals surface area contributed by atoms with Crippen molar-refractivity contribution in [2.24, 2.45) is 5.41 Å². The minimum absolute atomic E-state index is 0.0429. The van der Waals surface area contributed by atoms with Crippen LogP contribution in [0.4, 0.5) is 0 Å². The molecule has 0 radical (unpaired) electrons. The molecule has 1 rings (SSSR count). The van der Waals surface area contributed by atoms with Crippen LogP contribution >= 0.6 is 0 Å². The quantitative estimate of drug-likeness (QED) is 0.583. The van der Waals surface area contributed by atoms with Crippen molar-refractivity contribution < 1.29 is 19.4 Å². The number of hydrogen-bond acceptors (Lipinski definition) is 4. The fraction of sp³-hybridized carbons (Fsp3) is 0.833. The highest BCUT2D eigenvalue weighted by molar-refractivity contribution is 5.82. The number of ether oxygens (including phenoxy) is 1. The molecule has 0 aromatic carbocycles. The van der Waals surface area contributed by atoms with E-state index in [-0.39, 0.29) is 30.6 Å². The van der Waals surface area contributed by atoms with Crippen LogP contribution in [0.15, 0.2) is 0 Å². The summed E-state index contributed by atoms with van der Waals surface area (Å²) in [7, 11) is 0. The van der Waals surface area contributed by atoms with Crippen LogP contribution in [0.2, 0.25) is 0 Å². The first-order chi connectivity index (χ1) is 8.43. The lowest BCUT2D eigenvalue weighted by Gasteiger charge is -2.38. The van der Waals surface area contributed by atoms with Crippen molar-refractivity contribution in [3.63, 3.8) is 0 Å². The zero-order valence-electron chi connectivity index (χ0n) is 11.0. The SMILES string of the molecule is CC1(C)CCCNC1C(=O)NCCOCC(=O)O. The van der Waals surface area contributed by atoms with Crippen molar-refractivity contribution in [2.75, 3.05) is 26.3 Å². The molecule has 6 nitrogen and oxygen atoms in total. The molecule has 0 aliphatic carbocycles. The number of piperidine rings is 1. The number of hydrogen-bond donors (Lipinski definition) is 3. The highest BCUT2D eigenvalue weighted by Gasteiger charge is 2.36. The summed E-state index contributed by atoms with van der Waals surface area (Å²) in [5.41, 5.74) is -0.0513. The summed E-state index contributed by atoms with van der Waals surface area (Å²) >= 11 is 0. The van der Waals surface area contributed by atoms with Gasteiger partial charge >= 0.3 is 5.97 Å². The minimum Gasteiger partial charge on any atom is -0.480 e. The molecule has 104 valence electrons. The van der Waals surface area contributed by atoms with Gasteiger partial charge in [0, 0.05) is 6.54 Å². The standard InChI is InChI=1S/C12H22N2O4/c1-12(2)4-3-5-13-10(12)11(17)14-6-7-18-8-9(15)16/h10,13H,3-8H2,1-2H3,(H,14,17)(H,15,16). The molecule has 6 heteroatoms. The second kappa shape index (κ2) is 6.70. The highest BCUT2D eigenvalue weighted by Crippen LogP contribution is 2.29. The molecular weight excluding hydrogens is 236 g/mol. The molecule has 1 saturated heterocycles. The summed E-state index contributed by atoms with van der Waals surface area (Å²) < 4.78 is 4.85. The van der Waals surface area contributed by atoms with Crippen molar-refractivity contribution in [1.29, 1.82) is 0 Å². The molecule has 1 fully saturated rings. The molecule has 1 unspecified atom stereocenters. The molecule has 0 saturated carbocycles. The lowest BCUT2D eigenvalue weighted by Crippen LogP contribution is -2.55. The van der Waals surface area contributed by atoms with Crippen LogP contribution < -0.4 is 10.6 Å². The molecule has 1 heterocycles. The van der Waals surface area contributed by atoms with Gasteiger partial charge in [0.25, 0.3) is 0 Å². The third-order valence-corrected chi connectivity index (χ3v) is 3.16. The van der Waals surface area contributed by atoms with Gasteiger partial charge in [-0.2, -0.15) is 0 Å². The summed E-state index contributed by atoms with van der Waals surface area (Å²) in [6.45, 7) is 5.22. The maximum Gasteiger partial charge on any atom is 0.329 e. The number of nitrogens with one attached hydrogen (secondary N) is 2. The summed E-state index contributed by atoms with van der Waals surface area (Å²) in [6, 6.07) is -0.189. The van der Waals surface area contributed by atoms with E-state index in [1.165, 1.54) is 0 Å². The van der Waals surface area contributed by atoms with Gasteiger partial charge in [0.05, 0.1) is 12.6 Å². The Morgan fingerprint density at radius 2 is 2.22 bits per heavy atom. The molecule has 0 spiro atoms. The zero-order valence-corrected chi connectivity index (χ0v) is 11.0. The van der Waals surface area contributed by atoms with Crippen LogP contribution in [-0.2, 0) is 14.3 Å².